The van der Waals surface area contributed by atoms with E-state index in [4.69, 9.17) is 4.74 Å². The fourth-order valence-corrected chi connectivity index (χ4v) is 4.89. The Morgan fingerprint density at radius 2 is 1.84 bits per heavy atom. The SMILES string of the molecule is CC(C)COc1ccc(S(=O)(=O)N2CCC(N3CCNCC3)C2)cc1. The van der Waals surface area contributed by atoms with Crippen molar-refractivity contribution < 1.29 is 13.2 Å². The van der Waals surface area contributed by atoms with Crippen molar-refractivity contribution in [3.8, 4) is 5.75 Å². The molecule has 0 radical (unpaired) electrons. The molecule has 0 saturated carbocycles. The van der Waals surface area contributed by atoms with Crippen LogP contribution in [0.2, 0.25) is 0 Å². The maximum atomic E-state index is 12.9. The quantitative estimate of drug-likeness (QED) is 0.823. The molecule has 0 amide bonds. The van der Waals surface area contributed by atoms with Crippen LogP contribution in [-0.2, 0) is 10.0 Å². The molecule has 1 aromatic rings. The van der Waals surface area contributed by atoms with Gasteiger partial charge in [0.2, 0.25) is 10.0 Å². The van der Waals surface area contributed by atoms with Gasteiger partial charge in [0.05, 0.1) is 11.5 Å². The number of benzene rings is 1. The second kappa shape index (κ2) is 8.03. The number of rotatable bonds is 6. The van der Waals surface area contributed by atoms with Crippen LogP contribution in [0.15, 0.2) is 29.2 Å². The fraction of sp³-hybridized carbons (Fsp3) is 0.667. The van der Waals surface area contributed by atoms with E-state index in [-0.39, 0.29) is 0 Å². The van der Waals surface area contributed by atoms with Crippen molar-refractivity contribution in [3.63, 3.8) is 0 Å². The Bertz CT molecular complexity index is 655. The minimum Gasteiger partial charge on any atom is -0.493 e. The van der Waals surface area contributed by atoms with Crippen molar-refractivity contribution in [2.24, 2.45) is 5.92 Å². The summed E-state index contributed by atoms with van der Waals surface area (Å²) in [6, 6.07) is 7.15. The van der Waals surface area contributed by atoms with Crippen molar-refractivity contribution in [1.29, 1.82) is 0 Å². The molecule has 2 heterocycles. The smallest absolute Gasteiger partial charge is 0.243 e. The van der Waals surface area contributed by atoms with Gasteiger partial charge in [-0.2, -0.15) is 4.31 Å². The van der Waals surface area contributed by atoms with Gasteiger partial charge in [0, 0.05) is 45.3 Å². The lowest BCUT2D eigenvalue weighted by Crippen LogP contribution is -2.49. The number of nitrogens with zero attached hydrogens (tertiary/aromatic N) is 2. The summed E-state index contributed by atoms with van der Waals surface area (Å²) >= 11 is 0. The molecule has 3 rings (SSSR count). The first kappa shape index (κ1) is 18.6. The van der Waals surface area contributed by atoms with Gasteiger partial charge in [-0.15, -0.1) is 0 Å². The second-order valence-corrected chi connectivity index (χ2v) is 9.21. The summed E-state index contributed by atoms with van der Waals surface area (Å²) in [4.78, 5) is 2.76. The number of sulfonamides is 1. The first-order valence-corrected chi connectivity index (χ1v) is 10.6. The van der Waals surface area contributed by atoms with Gasteiger partial charge >= 0.3 is 0 Å². The van der Waals surface area contributed by atoms with Gasteiger partial charge in [-0.25, -0.2) is 8.42 Å². The molecule has 6 nitrogen and oxygen atoms in total. The summed E-state index contributed by atoms with van der Waals surface area (Å²) in [5.41, 5.74) is 0. The molecular weight excluding hydrogens is 338 g/mol. The number of hydrogen-bond acceptors (Lipinski definition) is 5. The fourth-order valence-electron chi connectivity index (χ4n) is 3.39. The third kappa shape index (κ3) is 4.53. The van der Waals surface area contributed by atoms with E-state index in [9.17, 15) is 8.42 Å². The van der Waals surface area contributed by atoms with Crippen LogP contribution in [0, 0.1) is 5.92 Å². The lowest BCUT2D eigenvalue weighted by Gasteiger charge is -2.32. The van der Waals surface area contributed by atoms with Crippen LogP contribution in [0.3, 0.4) is 0 Å². The monoisotopic (exact) mass is 367 g/mol. The molecule has 0 bridgehead atoms. The molecule has 140 valence electrons. The normalized spacial score (nSPS) is 23.2. The summed E-state index contributed by atoms with van der Waals surface area (Å²) in [7, 11) is -3.42. The predicted molar refractivity (Wildman–Crippen MR) is 98.4 cm³/mol. The zero-order chi connectivity index (χ0) is 17.9. The molecule has 0 aromatic heterocycles. The van der Waals surface area contributed by atoms with Crippen molar-refractivity contribution in [2.45, 2.75) is 31.2 Å². The van der Waals surface area contributed by atoms with E-state index in [1.807, 2.05) is 0 Å². The van der Waals surface area contributed by atoms with E-state index in [1.54, 1.807) is 28.6 Å². The van der Waals surface area contributed by atoms with E-state index in [0.29, 0.717) is 42.3 Å². The van der Waals surface area contributed by atoms with Gasteiger partial charge in [-0.05, 0) is 36.6 Å². The molecule has 2 saturated heterocycles. The lowest BCUT2D eigenvalue weighted by atomic mass is 10.2. The van der Waals surface area contributed by atoms with E-state index in [1.165, 1.54) is 0 Å². The molecule has 1 atom stereocenters. The Kier molecular flexibility index (Phi) is 5.99. The average molecular weight is 368 g/mol. The first-order valence-electron chi connectivity index (χ1n) is 9.14. The molecule has 25 heavy (non-hydrogen) atoms. The van der Waals surface area contributed by atoms with Crippen molar-refractivity contribution >= 4 is 10.0 Å². The number of piperazine rings is 1. The van der Waals surface area contributed by atoms with Crippen LogP contribution in [0.25, 0.3) is 0 Å². The predicted octanol–water partition coefficient (Wildman–Crippen LogP) is 1.39. The molecule has 7 heteroatoms. The lowest BCUT2D eigenvalue weighted by molar-refractivity contribution is 0.179. The maximum Gasteiger partial charge on any atom is 0.243 e. The molecular formula is C18H29N3O3S. The van der Waals surface area contributed by atoms with Crippen molar-refractivity contribution in [3.05, 3.63) is 24.3 Å². The van der Waals surface area contributed by atoms with Gasteiger partial charge in [0.1, 0.15) is 5.75 Å². The molecule has 1 N–H and O–H groups in total. The zero-order valence-corrected chi connectivity index (χ0v) is 16.0. The largest absolute Gasteiger partial charge is 0.493 e. The number of ether oxygens (including phenoxy) is 1. The molecule has 1 aromatic carbocycles. The summed E-state index contributed by atoms with van der Waals surface area (Å²) in [5, 5.41) is 3.34. The van der Waals surface area contributed by atoms with Gasteiger partial charge in [-0.3, -0.25) is 4.90 Å². The van der Waals surface area contributed by atoms with Crippen LogP contribution >= 0.6 is 0 Å². The van der Waals surface area contributed by atoms with Crippen LogP contribution in [-0.4, -0.2) is 69.5 Å². The summed E-state index contributed by atoms with van der Waals surface area (Å²) in [5.74, 6) is 1.16. The highest BCUT2D eigenvalue weighted by molar-refractivity contribution is 7.89. The van der Waals surface area contributed by atoms with E-state index in [2.05, 4.69) is 24.1 Å². The molecule has 1 unspecified atom stereocenters. The standard InChI is InChI=1S/C18H29N3O3S/c1-15(2)14-24-17-3-5-18(6-4-17)25(22,23)21-10-7-16(13-21)20-11-8-19-9-12-20/h3-6,15-16,19H,7-14H2,1-2H3. The minimum absolute atomic E-state index is 0.338. The average Bonchev–Trinajstić information content (AvgIpc) is 3.12. The zero-order valence-electron chi connectivity index (χ0n) is 15.1. The van der Waals surface area contributed by atoms with Crippen molar-refractivity contribution in [1.82, 2.24) is 14.5 Å². The minimum atomic E-state index is -3.42. The van der Waals surface area contributed by atoms with Gasteiger partial charge in [0.15, 0.2) is 0 Å². The molecule has 2 fully saturated rings. The van der Waals surface area contributed by atoms with Gasteiger partial charge in [0.25, 0.3) is 0 Å². The second-order valence-electron chi connectivity index (χ2n) is 7.27. The Balaban J connectivity index is 1.63. The van der Waals surface area contributed by atoms with Crippen molar-refractivity contribution in [2.75, 3.05) is 45.9 Å². The Morgan fingerprint density at radius 1 is 1.16 bits per heavy atom. The molecule has 0 aliphatic carbocycles. The third-order valence-corrected chi connectivity index (χ3v) is 6.72. The van der Waals surface area contributed by atoms with E-state index >= 15 is 0 Å². The Hall–Kier alpha value is -1.15. The Labute approximate surface area is 151 Å². The maximum absolute atomic E-state index is 12.9. The van der Waals surface area contributed by atoms with Gasteiger partial charge < -0.3 is 10.1 Å². The summed E-state index contributed by atoms with van der Waals surface area (Å²) in [6.07, 6.45) is 0.912. The highest BCUT2D eigenvalue weighted by atomic mass is 32.2. The Morgan fingerprint density at radius 3 is 2.48 bits per heavy atom. The molecule has 0 spiro atoms. The topological polar surface area (TPSA) is 61.9 Å². The summed E-state index contributed by atoms with van der Waals surface area (Å²) in [6.45, 7) is 9.96. The number of nitrogens with one attached hydrogen (secondary N) is 1. The van der Waals surface area contributed by atoms with Crippen LogP contribution in [0.4, 0.5) is 0 Å². The van der Waals surface area contributed by atoms with E-state index < -0.39 is 10.0 Å². The third-order valence-electron chi connectivity index (χ3n) is 4.84. The molecule has 2 aliphatic heterocycles. The van der Waals surface area contributed by atoms with Crippen LogP contribution in [0.5, 0.6) is 5.75 Å². The van der Waals surface area contributed by atoms with Gasteiger partial charge in [-0.1, -0.05) is 13.8 Å². The number of hydrogen-bond donors (Lipinski definition) is 1. The molecule has 2 aliphatic rings. The van der Waals surface area contributed by atoms with E-state index in [0.717, 1.165) is 32.6 Å². The highest BCUT2D eigenvalue weighted by Crippen LogP contribution is 2.25. The first-order chi connectivity index (χ1) is 12.0. The highest BCUT2D eigenvalue weighted by Gasteiger charge is 2.35. The summed E-state index contributed by atoms with van der Waals surface area (Å²) < 4.78 is 33.1. The van der Waals surface area contributed by atoms with Crippen LogP contribution in [0.1, 0.15) is 20.3 Å². The van der Waals surface area contributed by atoms with Crippen LogP contribution < -0.4 is 10.1 Å².